The van der Waals surface area contributed by atoms with E-state index in [-0.39, 0.29) is 5.91 Å². The molecule has 0 spiro atoms. The summed E-state index contributed by atoms with van der Waals surface area (Å²) in [6.45, 7) is 4.32. The van der Waals surface area contributed by atoms with Gasteiger partial charge in [-0.15, -0.1) is 0 Å². The van der Waals surface area contributed by atoms with E-state index in [4.69, 9.17) is 25.8 Å². The first-order chi connectivity index (χ1) is 13.1. The second-order valence-corrected chi connectivity index (χ2v) is 6.64. The van der Waals surface area contributed by atoms with Crippen LogP contribution in [0.5, 0.6) is 11.5 Å². The van der Waals surface area contributed by atoms with E-state index in [1.807, 2.05) is 24.3 Å². The van der Waals surface area contributed by atoms with Crippen molar-refractivity contribution in [3.05, 3.63) is 52.5 Å². The number of hydrogen-bond acceptors (Lipinski definition) is 5. The summed E-state index contributed by atoms with van der Waals surface area (Å²) in [6, 6.07) is 11.0. The number of morpholine rings is 1. The first-order valence-electron chi connectivity index (χ1n) is 8.72. The minimum Gasteiger partial charge on any atom is -0.493 e. The number of rotatable bonds is 6. The van der Waals surface area contributed by atoms with Crippen molar-refractivity contribution in [2.24, 2.45) is 0 Å². The molecule has 6 nitrogen and oxygen atoms in total. The smallest absolute Gasteiger partial charge is 0.255 e. The Morgan fingerprint density at radius 2 is 1.85 bits per heavy atom. The molecular weight excluding hydrogens is 368 g/mol. The lowest BCUT2D eigenvalue weighted by molar-refractivity contribution is 0.0342. The summed E-state index contributed by atoms with van der Waals surface area (Å²) in [7, 11) is 3.00. The highest BCUT2D eigenvalue weighted by Gasteiger charge is 2.16. The summed E-state index contributed by atoms with van der Waals surface area (Å²) >= 11 is 6.18. The molecule has 7 heteroatoms. The van der Waals surface area contributed by atoms with Crippen molar-refractivity contribution < 1.29 is 19.0 Å². The van der Waals surface area contributed by atoms with Crippen molar-refractivity contribution in [2.75, 3.05) is 45.8 Å². The number of nitrogens with zero attached hydrogens (tertiary/aromatic N) is 1. The summed E-state index contributed by atoms with van der Waals surface area (Å²) < 4.78 is 15.8. The van der Waals surface area contributed by atoms with E-state index in [2.05, 4.69) is 10.2 Å². The van der Waals surface area contributed by atoms with Gasteiger partial charge in [0.25, 0.3) is 5.91 Å². The molecule has 2 aromatic rings. The van der Waals surface area contributed by atoms with E-state index in [9.17, 15) is 4.79 Å². The third kappa shape index (κ3) is 4.91. The molecule has 0 radical (unpaired) electrons. The number of anilines is 1. The van der Waals surface area contributed by atoms with Crippen molar-refractivity contribution in [1.82, 2.24) is 4.90 Å². The second-order valence-electron chi connectivity index (χ2n) is 6.23. The lowest BCUT2D eigenvalue weighted by Crippen LogP contribution is -2.35. The summed E-state index contributed by atoms with van der Waals surface area (Å²) in [4.78, 5) is 14.9. The fraction of sp³-hybridized carbons (Fsp3) is 0.350. The minimum atomic E-state index is -0.265. The van der Waals surface area contributed by atoms with Crippen LogP contribution in [0.3, 0.4) is 0 Å². The highest BCUT2D eigenvalue weighted by Crippen LogP contribution is 2.36. The summed E-state index contributed by atoms with van der Waals surface area (Å²) in [5.41, 5.74) is 2.32. The summed E-state index contributed by atoms with van der Waals surface area (Å²) in [6.07, 6.45) is 0. The van der Waals surface area contributed by atoms with Crippen LogP contribution in [0.1, 0.15) is 15.9 Å². The maximum atomic E-state index is 12.5. The Morgan fingerprint density at radius 1 is 1.15 bits per heavy atom. The van der Waals surface area contributed by atoms with Gasteiger partial charge in [0.15, 0.2) is 11.5 Å². The van der Waals surface area contributed by atoms with Gasteiger partial charge in [0.1, 0.15) is 0 Å². The molecule has 27 heavy (non-hydrogen) atoms. The Labute approximate surface area is 164 Å². The summed E-state index contributed by atoms with van der Waals surface area (Å²) in [5.74, 6) is 0.554. The number of carbonyl (C=O) groups is 1. The van der Waals surface area contributed by atoms with Crippen molar-refractivity contribution in [2.45, 2.75) is 6.54 Å². The van der Waals surface area contributed by atoms with Gasteiger partial charge in [-0.1, -0.05) is 23.7 Å². The van der Waals surface area contributed by atoms with Gasteiger partial charge in [0, 0.05) is 30.9 Å². The maximum Gasteiger partial charge on any atom is 0.255 e. The average molecular weight is 391 g/mol. The molecule has 1 aliphatic heterocycles. The number of amides is 1. The van der Waals surface area contributed by atoms with Crippen LogP contribution >= 0.6 is 11.6 Å². The van der Waals surface area contributed by atoms with Gasteiger partial charge in [-0.3, -0.25) is 9.69 Å². The predicted molar refractivity (Wildman–Crippen MR) is 105 cm³/mol. The molecule has 0 unspecified atom stereocenters. The van der Waals surface area contributed by atoms with Crippen LogP contribution in [0, 0.1) is 0 Å². The summed E-state index contributed by atoms with van der Waals surface area (Å²) in [5, 5.41) is 3.20. The van der Waals surface area contributed by atoms with E-state index in [0.717, 1.165) is 38.5 Å². The molecule has 0 saturated carbocycles. The number of nitrogens with one attached hydrogen (secondary N) is 1. The number of hydrogen-bond donors (Lipinski definition) is 1. The van der Waals surface area contributed by atoms with Gasteiger partial charge in [-0.05, 0) is 29.8 Å². The van der Waals surface area contributed by atoms with Gasteiger partial charge >= 0.3 is 0 Å². The lowest BCUT2D eigenvalue weighted by atomic mass is 10.1. The molecule has 2 aromatic carbocycles. The number of benzene rings is 2. The Morgan fingerprint density at radius 3 is 2.48 bits per heavy atom. The molecule has 0 aromatic heterocycles. The van der Waals surface area contributed by atoms with Crippen LogP contribution in [0.25, 0.3) is 0 Å². The Hall–Kier alpha value is -2.28. The molecule has 1 aliphatic rings. The first-order valence-corrected chi connectivity index (χ1v) is 9.10. The molecule has 1 saturated heterocycles. The number of ether oxygens (including phenoxy) is 3. The van der Waals surface area contributed by atoms with Crippen LogP contribution < -0.4 is 14.8 Å². The molecule has 0 aliphatic carbocycles. The van der Waals surface area contributed by atoms with Gasteiger partial charge in [0.2, 0.25) is 0 Å². The van der Waals surface area contributed by atoms with Crippen molar-refractivity contribution in [3.8, 4) is 11.5 Å². The Balaban J connectivity index is 1.66. The van der Waals surface area contributed by atoms with Crippen molar-refractivity contribution in [3.63, 3.8) is 0 Å². The SMILES string of the molecule is COc1cc(C(=O)Nc2ccc(CN3CCOCC3)cc2)cc(Cl)c1OC. The molecular formula is C20H23ClN2O4. The van der Waals surface area contributed by atoms with E-state index < -0.39 is 0 Å². The molecule has 3 rings (SSSR count). The minimum absolute atomic E-state index is 0.265. The quantitative estimate of drug-likeness (QED) is 0.818. The van der Waals surface area contributed by atoms with Crippen LogP contribution in [0.4, 0.5) is 5.69 Å². The van der Waals surface area contributed by atoms with E-state index in [1.165, 1.54) is 19.8 Å². The fourth-order valence-corrected chi connectivity index (χ4v) is 3.25. The third-order valence-corrected chi connectivity index (χ3v) is 4.70. The largest absolute Gasteiger partial charge is 0.493 e. The zero-order valence-electron chi connectivity index (χ0n) is 15.5. The van der Waals surface area contributed by atoms with Gasteiger partial charge in [-0.2, -0.15) is 0 Å². The molecule has 1 heterocycles. The zero-order chi connectivity index (χ0) is 19.2. The molecule has 1 amide bonds. The number of halogens is 1. The molecule has 0 atom stereocenters. The Kier molecular flexibility index (Phi) is 6.55. The predicted octanol–water partition coefficient (Wildman–Crippen LogP) is 3.44. The number of carbonyl (C=O) groups excluding carboxylic acids is 1. The van der Waals surface area contributed by atoms with Crippen LogP contribution in [-0.2, 0) is 11.3 Å². The van der Waals surface area contributed by atoms with Crippen LogP contribution in [0.15, 0.2) is 36.4 Å². The normalized spacial score (nSPS) is 14.6. The lowest BCUT2D eigenvalue weighted by Gasteiger charge is -2.26. The van der Waals surface area contributed by atoms with Crippen LogP contribution in [-0.4, -0.2) is 51.3 Å². The van der Waals surface area contributed by atoms with Gasteiger partial charge < -0.3 is 19.5 Å². The first kappa shape index (κ1) is 19.5. The maximum absolute atomic E-state index is 12.5. The second kappa shape index (κ2) is 9.08. The van der Waals surface area contributed by atoms with Crippen molar-refractivity contribution >= 4 is 23.2 Å². The van der Waals surface area contributed by atoms with Crippen molar-refractivity contribution in [1.29, 1.82) is 0 Å². The zero-order valence-corrected chi connectivity index (χ0v) is 16.2. The van der Waals surface area contributed by atoms with E-state index in [0.29, 0.717) is 22.1 Å². The standard InChI is InChI=1S/C20H23ClN2O4/c1-25-18-12-15(11-17(21)19(18)26-2)20(24)22-16-5-3-14(4-6-16)13-23-7-9-27-10-8-23/h3-6,11-12H,7-10,13H2,1-2H3,(H,22,24). The van der Waals surface area contributed by atoms with Gasteiger partial charge in [0.05, 0.1) is 32.5 Å². The topological polar surface area (TPSA) is 60.0 Å². The highest BCUT2D eigenvalue weighted by atomic mass is 35.5. The Bertz CT molecular complexity index is 789. The molecule has 1 N–H and O–H groups in total. The highest BCUT2D eigenvalue weighted by molar-refractivity contribution is 6.32. The molecule has 0 bridgehead atoms. The molecule has 1 fully saturated rings. The van der Waals surface area contributed by atoms with Gasteiger partial charge in [-0.25, -0.2) is 0 Å². The third-order valence-electron chi connectivity index (χ3n) is 4.42. The molecule has 144 valence electrons. The monoisotopic (exact) mass is 390 g/mol. The fourth-order valence-electron chi connectivity index (χ4n) is 2.96. The van der Waals surface area contributed by atoms with E-state index >= 15 is 0 Å². The average Bonchev–Trinajstić information content (AvgIpc) is 2.69. The van der Waals surface area contributed by atoms with E-state index in [1.54, 1.807) is 12.1 Å². The van der Waals surface area contributed by atoms with Crippen LogP contribution in [0.2, 0.25) is 5.02 Å². The number of methoxy groups -OCH3 is 2.